The maximum absolute atomic E-state index is 12.1. The zero-order valence-electron chi connectivity index (χ0n) is 11.6. The highest BCUT2D eigenvalue weighted by molar-refractivity contribution is 5.89. The first-order valence-corrected chi connectivity index (χ1v) is 6.81. The summed E-state index contributed by atoms with van der Waals surface area (Å²) < 4.78 is 36.4. The van der Waals surface area contributed by atoms with Crippen molar-refractivity contribution in [1.82, 2.24) is 10.6 Å². The summed E-state index contributed by atoms with van der Waals surface area (Å²) in [5.41, 5.74) is 1.34. The van der Waals surface area contributed by atoms with Crippen LogP contribution in [-0.2, 0) is 0 Å². The number of alkyl halides is 3. The van der Waals surface area contributed by atoms with E-state index in [0.717, 1.165) is 18.4 Å². The summed E-state index contributed by atoms with van der Waals surface area (Å²) in [6.07, 6.45) is -2.21. The van der Waals surface area contributed by atoms with Gasteiger partial charge in [0.1, 0.15) is 0 Å². The lowest BCUT2D eigenvalue weighted by atomic mass is 10.1. The Morgan fingerprint density at radius 1 is 1.29 bits per heavy atom. The second-order valence-electron chi connectivity index (χ2n) is 5.21. The highest BCUT2D eigenvalue weighted by Gasteiger charge is 2.27. The number of carbonyl (C=O) groups excluding carboxylic acids is 1. The van der Waals surface area contributed by atoms with Crippen molar-refractivity contribution in [2.45, 2.75) is 38.0 Å². The van der Waals surface area contributed by atoms with Gasteiger partial charge in [0.15, 0.2) is 0 Å². The van der Waals surface area contributed by atoms with Crippen LogP contribution in [0.1, 0.15) is 31.4 Å². The predicted octanol–water partition coefficient (Wildman–Crippen LogP) is 3.18. The molecule has 1 fully saturated rings. The molecule has 0 unspecified atom stereocenters. The summed E-state index contributed by atoms with van der Waals surface area (Å²) in [4.78, 5) is 11.5. The Morgan fingerprint density at radius 3 is 2.43 bits per heavy atom. The van der Waals surface area contributed by atoms with Crippen LogP contribution >= 0.6 is 0 Å². The molecule has 7 heteroatoms. The maximum Gasteiger partial charge on any atom is 0.401 e. The molecule has 0 radical (unpaired) electrons. The van der Waals surface area contributed by atoms with Crippen molar-refractivity contribution >= 4 is 11.7 Å². The number of carbonyl (C=O) groups is 1. The van der Waals surface area contributed by atoms with E-state index in [1.54, 1.807) is 31.2 Å². The third kappa shape index (κ3) is 5.63. The first kappa shape index (κ1) is 15.6. The van der Waals surface area contributed by atoms with Gasteiger partial charge in [0.05, 0.1) is 6.54 Å². The molecule has 116 valence electrons. The van der Waals surface area contributed by atoms with E-state index in [-0.39, 0.29) is 12.1 Å². The summed E-state index contributed by atoms with van der Waals surface area (Å²) in [5.74, 6) is 0. The first-order chi connectivity index (χ1) is 9.83. The molecule has 0 saturated heterocycles. The van der Waals surface area contributed by atoms with Crippen molar-refractivity contribution in [3.8, 4) is 0 Å². The molecule has 0 heterocycles. The van der Waals surface area contributed by atoms with Crippen LogP contribution in [0.4, 0.5) is 23.7 Å². The summed E-state index contributed by atoms with van der Waals surface area (Å²) in [5, 5.41) is 7.88. The molecule has 1 aromatic rings. The second kappa shape index (κ2) is 6.34. The molecule has 1 aliphatic carbocycles. The summed E-state index contributed by atoms with van der Waals surface area (Å²) in [6, 6.07) is 6.34. The number of hydrogen-bond acceptors (Lipinski definition) is 2. The van der Waals surface area contributed by atoms with Crippen molar-refractivity contribution in [2.75, 3.05) is 11.9 Å². The van der Waals surface area contributed by atoms with Gasteiger partial charge >= 0.3 is 12.2 Å². The van der Waals surface area contributed by atoms with Gasteiger partial charge in [-0.15, -0.1) is 0 Å². The number of halogens is 3. The van der Waals surface area contributed by atoms with Gasteiger partial charge in [-0.3, -0.25) is 0 Å². The molecule has 3 N–H and O–H groups in total. The molecular weight excluding hydrogens is 283 g/mol. The third-order valence-corrected chi connectivity index (χ3v) is 3.19. The molecular formula is C14H18F3N3O. The maximum atomic E-state index is 12.1. The molecule has 1 atom stereocenters. The van der Waals surface area contributed by atoms with Gasteiger partial charge in [-0.1, -0.05) is 12.1 Å². The highest BCUT2D eigenvalue weighted by Crippen LogP contribution is 2.20. The van der Waals surface area contributed by atoms with E-state index in [1.165, 1.54) is 0 Å². The molecule has 0 aliphatic heterocycles. The highest BCUT2D eigenvalue weighted by atomic mass is 19.4. The summed E-state index contributed by atoms with van der Waals surface area (Å²) in [7, 11) is 0. The first-order valence-electron chi connectivity index (χ1n) is 6.81. The van der Waals surface area contributed by atoms with Gasteiger partial charge in [-0.25, -0.2) is 4.79 Å². The topological polar surface area (TPSA) is 53.2 Å². The van der Waals surface area contributed by atoms with Crippen LogP contribution in [0.2, 0.25) is 0 Å². The van der Waals surface area contributed by atoms with Crippen LogP contribution in [0.5, 0.6) is 0 Å². The predicted molar refractivity (Wildman–Crippen MR) is 74.1 cm³/mol. The Morgan fingerprint density at radius 2 is 1.90 bits per heavy atom. The van der Waals surface area contributed by atoms with Gasteiger partial charge in [-0.2, -0.15) is 13.2 Å². The molecule has 0 bridgehead atoms. The van der Waals surface area contributed by atoms with E-state index in [9.17, 15) is 18.0 Å². The summed E-state index contributed by atoms with van der Waals surface area (Å²) in [6.45, 7) is 0.631. The third-order valence-electron chi connectivity index (χ3n) is 3.19. The molecule has 2 amide bonds. The van der Waals surface area contributed by atoms with Crippen molar-refractivity contribution in [1.29, 1.82) is 0 Å². The van der Waals surface area contributed by atoms with E-state index < -0.39 is 18.8 Å². The molecule has 0 aromatic heterocycles. The number of hydrogen-bond donors (Lipinski definition) is 3. The second-order valence-corrected chi connectivity index (χ2v) is 5.21. The van der Waals surface area contributed by atoms with Crippen LogP contribution < -0.4 is 16.0 Å². The molecule has 1 saturated carbocycles. The Kier molecular flexibility index (Phi) is 4.72. The fourth-order valence-corrected chi connectivity index (χ4v) is 1.82. The number of nitrogens with one attached hydrogen (secondary N) is 3. The van der Waals surface area contributed by atoms with Crippen molar-refractivity contribution in [3.05, 3.63) is 29.8 Å². The monoisotopic (exact) mass is 301 g/mol. The van der Waals surface area contributed by atoms with E-state index in [2.05, 4.69) is 16.0 Å². The lowest BCUT2D eigenvalue weighted by molar-refractivity contribution is -0.126. The number of anilines is 1. The van der Waals surface area contributed by atoms with Crippen LogP contribution in [0, 0.1) is 0 Å². The molecule has 2 rings (SSSR count). The minimum absolute atomic E-state index is 0.256. The lowest BCUT2D eigenvalue weighted by Gasteiger charge is -2.16. The van der Waals surface area contributed by atoms with Crippen LogP contribution in [0.3, 0.4) is 0 Å². The molecule has 1 aliphatic rings. The van der Waals surface area contributed by atoms with E-state index in [0.29, 0.717) is 5.69 Å². The normalized spacial score (nSPS) is 16.4. The summed E-state index contributed by atoms with van der Waals surface area (Å²) >= 11 is 0. The van der Waals surface area contributed by atoms with Gasteiger partial charge in [0.25, 0.3) is 0 Å². The van der Waals surface area contributed by atoms with Crippen molar-refractivity contribution in [3.63, 3.8) is 0 Å². The van der Waals surface area contributed by atoms with Crippen LogP contribution in [-0.4, -0.2) is 24.8 Å². The minimum Gasteiger partial charge on any atom is -0.335 e. The molecule has 4 nitrogen and oxygen atoms in total. The molecule has 0 spiro atoms. The fraction of sp³-hybridized carbons (Fsp3) is 0.500. The Bertz CT molecular complexity index is 483. The van der Waals surface area contributed by atoms with Gasteiger partial charge in [-0.05, 0) is 37.5 Å². The largest absolute Gasteiger partial charge is 0.401 e. The quantitative estimate of drug-likeness (QED) is 0.782. The Labute approximate surface area is 121 Å². The zero-order valence-corrected chi connectivity index (χ0v) is 11.6. The fourth-order valence-electron chi connectivity index (χ4n) is 1.82. The average molecular weight is 301 g/mol. The van der Waals surface area contributed by atoms with Crippen molar-refractivity contribution < 1.29 is 18.0 Å². The van der Waals surface area contributed by atoms with E-state index in [4.69, 9.17) is 0 Å². The average Bonchev–Trinajstić information content (AvgIpc) is 3.19. The molecule has 1 aromatic carbocycles. The smallest absolute Gasteiger partial charge is 0.335 e. The van der Waals surface area contributed by atoms with Gasteiger partial charge < -0.3 is 16.0 Å². The van der Waals surface area contributed by atoms with Crippen molar-refractivity contribution in [2.24, 2.45) is 0 Å². The zero-order chi connectivity index (χ0) is 15.5. The number of urea groups is 1. The number of benzene rings is 1. The van der Waals surface area contributed by atoms with E-state index in [1.807, 2.05) is 0 Å². The standard InChI is InChI=1S/C14H18F3N3O/c1-9(18-8-14(15,16)17)10-2-4-11(5-3-10)19-13(21)20-12-6-7-12/h2-5,9,12,18H,6-8H2,1H3,(H2,19,20,21)/t9-/m0/s1. The number of amides is 2. The minimum atomic E-state index is -4.23. The van der Waals surface area contributed by atoms with Gasteiger partial charge in [0, 0.05) is 17.8 Å². The Hall–Kier alpha value is -1.76. The van der Waals surface area contributed by atoms with Crippen LogP contribution in [0.25, 0.3) is 0 Å². The van der Waals surface area contributed by atoms with E-state index >= 15 is 0 Å². The van der Waals surface area contributed by atoms with Crippen LogP contribution in [0.15, 0.2) is 24.3 Å². The lowest BCUT2D eigenvalue weighted by Crippen LogP contribution is -2.31. The Balaban J connectivity index is 1.84. The molecule has 21 heavy (non-hydrogen) atoms. The number of rotatable bonds is 5. The SMILES string of the molecule is C[C@H](NCC(F)(F)F)c1ccc(NC(=O)NC2CC2)cc1. The van der Waals surface area contributed by atoms with Gasteiger partial charge in [0.2, 0.25) is 0 Å².